The Morgan fingerprint density at radius 1 is 0.757 bits per heavy atom. The van der Waals surface area contributed by atoms with Crippen molar-refractivity contribution < 1.29 is 33.3 Å². The lowest BCUT2D eigenvalue weighted by Crippen LogP contribution is -2.35. The molecule has 0 aliphatic heterocycles. The molecule has 0 amide bonds. The van der Waals surface area contributed by atoms with Gasteiger partial charge in [-0.1, -0.05) is 11.8 Å². The summed E-state index contributed by atoms with van der Waals surface area (Å²) in [5, 5.41) is 0. The first-order valence-electron chi connectivity index (χ1n) is 12.2. The van der Waals surface area contributed by atoms with Crippen molar-refractivity contribution in [2.75, 3.05) is 26.4 Å². The molecule has 0 fully saturated rings. The quantitative estimate of drug-likeness (QED) is 0.207. The van der Waals surface area contributed by atoms with E-state index in [1.54, 1.807) is 19.9 Å². The standard InChI is InChI=1S/C28H32N2O7/c1-7-34-18(5)11-14-21-22(15-12-19(6)35-8-2)30-24-17-20(13-16-23(24)29-21)26(31)25(27(32)36-9-3)28(33)37-10-4/h13,16-19,25H,7-10H2,1-6H3. The van der Waals surface area contributed by atoms with Crippen LogP contribution < -0.4 is 0 Å². The molecular weight excluding hydrogens is 476 g/mol. The number of carbonyl (C=O) groups excluding carboxylic acids is 3. The number of esters is 2. The van der Waals surface area contributed by atoms with Gasteiger partial charge in [0.2, 0.25) is 5.92 Å². The van der Waals surface area contributed by atoms with Crippen LogP contribution in [0.1, 0.15) is 63.3 Å². The molecule has 2 unspecified atom stereocenters. The van der Waals surface area contributed by atoms with Gasteiger partial charge in [0.1, 0.15) is 23.6 Å². The van der Waals surface area contributed by atoms with E-state index in [1.165, 1.54) is 12.1 Å². The summed E-state index contributed by atoms with van der Waals surface area (Å²) >= 11 is 0. The van der Waals surface area contributed by atoms with Crippen LogP contribution in [-0.4, -0.2) is 66.3 Å². The fraction of sp³-hybridized carbons (Fsp3) is 0.464. The van der Waals surface area contributed by atoms with Crippen molar-refractivity contribution in [3.8, 4) is 23.7 Å². The number of fused-ring (bicyclic) bond motifs is 1. The number of ether oxygens (including phenoxy) is 4. The first-order valence-corrected chi connectivity index (χ1v) is 12.2. The second kappa shape index (κ2) is 14.7. The predicted octanol–water partition coefficient (Wildman–Crippen LogP) is 3.11. The molecule has 37 heavy (non-hydrogen) atoms. The summed E-state index contributed by atoms with van der Waals surface area (Å²) in [5.74, 6) is 7.46. The van der Waals surface area contributed by atoms with Gasteiger partial charge < -0.3 is 18.9 Å². The molecule has 0 bridgehead atoms. The molecule has 2 rings (SSSR count). The Hall–Kier alpha value is -3.79. The van der Waals surface area contributed by atoms with Gasteiger partial charge in [0.05, 0.1) is 24.2 Å². The molecule has 2 atom stereocenters. The highest BCUT2D eigenvalue weighted by atomic mass is 16.6. The second-order valence-corrected chi connectivity index (χ2v) is 7.66. The van der Waals surface area contributed by atoms with Crippen LogP contribution in [0.4, 0.5) is 0 Å². The highest BCUT2D eigenvalue weighted by Gasteiger charge is 2.37. The Morgan fingerprint density at radius 2 is 1.24 bits per heavy atom. The Kier molecular flexibility index (Phi) is 11.7. The molecule has 9 heteroatoms. The topological polar surface area (TPSA) is 114 Å². The molecule has 0 saturated carbocycles. The lowest BCUT2D eigenvalue weighted by molar-refractivity contribution is -0.158. The maximum absolute atomic E-state index is 13.2. The minimum atomic E-state index is -1.73. The summed E-state index contributed by atoms with van der Waals surface area (Å²) in [6.45, 7) is 11.6. The molecule has 1 aromatic carbocycles. The minimum absolute atomic E-state index is 0.0130. The zero-order chi connectivity index (χ0) is 27.4. The minimum Gasteiger partial charge on any atom is -0.465 e. The number of ketones is 1. The van der Waals surface area contributed by atoms with Gasteiger partial charge in [-0.2, -0.15) is 0 Å². The number of hydrogen-bond acceptors (Lipinski definition) is 9. The van der Waals surface area contributed by atoms with Gasteiger partial charge in [-0.05, 0) is 71.6 Å². The van der Waals surface area contributed by atoms with Crippen molar-refractivity contribution in [2.45, 2.75) is 53.8 Å². The second-order valence-electron chi connectivity index (χ2n) is 7.66. The summed E-state index contributed by atoms with van der Waals surface area (Å²) < 4.78 is 20.8. The van der Waals surface area contributed by atoms with Gasteiger partial charge in [-0.3, -0.25) is 14.4 Å². The fourth-order valence-corrected chi connectivity index (χ4v) is 3.23. The molecule has 196 valence electrons. The normalized spacial score (nSPS) is 12.1. The molecule has 0 aliphatic rings. The number of nitrogens with zero attached hydrogens (tertiary/aromatic N) is 2. The Bertz CT molecular complexity index is 1230. The van der Waals surface area contributed by atoms with Gasteiger partial charge >= 0.3 is 11.9 Å². The molecule has 2 aromatic rings. The van der Waals surface area contributed by atoms with E-state index in [0.29, 0.717) is 35.6 Å². The van der Waals surface area contributed by atoms with Crippen LogP contribution in [0, 0.1) is 29.6 Å². The number of hydrogen-bond donors (Lipinski definition) is 0. The predicted molar refractivity (Wildman–Crippen MR) is 137 cm³/mol. The Balaban J connectivity index is 2.58. The van der Waals surface area contributed by atoms with Crippen molar-refractivity contribution in [3.05, 3.63) is 35.2 Å². The molecule has 0 N–H and O–H groups in total. The van der Waals surface area contributed by atoms with Crippen LogP contribution in [0.3, 0.4) is 0 Å². The molecule has 1 heterocycles. The summed E-state index contributed by atoms with van der Waals surface area (Å²) in [7, 11) is 0. The van der Waals surface area contributed by atoms with Crippen LogP contribution in [0.2, 0.25) is 0 Å². The van der Waals surface area contributed by atoms with E-state index in [-0.39, 0.29) is 31.0 Å². The summed E-state index contributed by atoms with van der Waals surface area (Å²) in [5.41, 5.74) is 1.53. The zero-order valence-corrected chi connectivity index (χ0v) is 22.0. The van der Waals surface area contributed by atoms with Crippen molar-refractivity contribution in [1.29, 1.82) is 0 Å². The van der Waals surface area contributed by atoms with Gasteiger partial charge in [0.25, 0.3) is 0 Å². The van der Waals surface area contributed by atoms with E-state index in [0.717, 1.165) is 0 Å². The van der Waals surface area contributed by atoms with Gasteiger partial charge in [0.15, 0.2) is 5.78 Å². The van der Waals surface area contributed by atoms with E-state index in [9.17, 15) is 14.4 Å². The number of rotatable bonds is 10. The molecule has 0 saturated heterocycles. The highest BCUT2D eigenvalue weighted by molar-refractivity contribution is 6.21. The summed E-state index contributed by atoms with van der Waals surface area (Å²) in [6.07, 6.45) is -0.651. The van der Waals surface area contributed by atoms with E-state index < -0.39 is 23.6 Å². The smallest absolute Gasteiger partial charge is 0.328 e. The Morgan fingerprint density at radius 3 is 1.70 bits per heavy atom. The number of benzene rings is 1. The average molecular weight is 509 g/mol. The van der Waals surface area contributed by atoms with Crippen LogP contribution in [-0.2, 0) is 28.5 Å². The zero-order valence-electron chi connectivity index (χ0n) is 22.0. The fourth-order valence-electron chi connectivity index (χ4n) is 3.23. The summed E-state index contributed by atoms with van der Waals surface area (Å²) in [4.78, 5) is 47.1. The third-order valence-corrected chi connectivity index (χ3v) is 4.88. The monoisotopic (exact) mass is 508 g/mol. The molecule has 1 aromatic heterocycles. The van der Waals surface area contributed by atoms with Crippen molar-refractivity contribution in [3.63, 3.8) is 0 Å². The van der Waals surface area contributed by atoms with Gasteiger partial charge in [0, 0.05) is 18.8 Å². The third kappa shape index (κ3) is 8.38. The van der Waals surface area contributed by atoms with E-state index in [1.807, 2.05) is 27.7 Å². The lowest BCUT2D eigenvalue weighted by atomic mass is 9.97. The molecule has 0 spiro atoms. The molecule has 0 radical (unpaired) electrons. The van der Waals surface area contributed by atoms with Crippen molar-refractivity contribution in [2.24, 2.45) is 5.92 Å². The van der Waals surface area contributed by atoms with Crippen LogP contribution in [0.15, 0.2) is 18.2 Å². The van der Waals surface area contributed by atoms with Crippen LogP contribution >= 0.6 is 0 Å². The van der Waals surface area contributed by atoms with Gasteiger partial charge in [-0.15, -0.1) is 0 Å². The largest absolute Gasteiger partial charge is 0.465 e. The first-order chi connectivity index (χ1) is 17.7. The van der Waals surface area contributed by atoms with Crippen LogP contribution in [0.25, 0.3) is 11.0 Å². The highest BCUT2D eigenvalue weighted by Crippen LogP contribution is 2.19. The third-order valence-electron chi connectivity index (χ3n) is 4.88. The Labute approximate surface area is 217 Å². The van der Waals surface area contributed by atoms with E-state index in [4.69, 9.17) is 18.9 Å². The summed E-state index contributed by atoms with van der Waals surface area (Å²) in [6, 6.07) is 4.49. The van der Waals surface area contributed by atoms with Crippen molar-refractivity contribution >= 4 is 28.8 Å². The first kappa shape index (κ1) is 29.4. The number of aromatic nitrogens is 2. The van der Waals surface area contributed by atoms with E-state index in [2.05, 4.69) is 33.6 Å². The van der Waals surface area contributed by atoms with Crippen molar-refractivity contribution in [1.82, 2.24) is 9.97 Å². The maximum Gasteiger partial charge on any atom is 0.328 e. The van der Waals surface area contributed by atoms with Gasteiger partial charge in [-0.25, -0.2) is 9.97 Å². The lowest BCUT2D eigenvalue weighted by Gasteiger charge is -2.13. The SMILES string of the molecule is CCOC(=O)C(C(=O)OCC)C(=O)c1ccc2nc(C#CC(C)OCC)c(C#CC(C)OCC)nc2c1. The maximum atomic E-state index is 13.2. The molecule has 0 aliphatic carbocycles. The number of Topliss-reactive ketones (excluding diaryl/α,β-unsaturated/α-hetero) is 1. The van der Waals surface area contributed by atoms with E-state index >= 15 is 0 Å². The molecule has 9 nitrogen and oxygen atoms in total. The molecular formula is C28H32N2O7. The van der Waals surface area contributed by atoms with Crippen LogP contribution in [0.5, 0.6) is 0 Å². The number of carbonyl (C=O) groups is 3. The average Bonchev–Trinajstić information content (AvgIpc) is 2.86.